The van der Waals surface area contributed by atoms with Gasteiger partial charge in [-0.25, -0.2) is 0 Å². The van der Waals surface area contributed by atoms with Crippen molar-refractivity contribution in [3.63, 3.8) is 0 Å². The maximum absolute atomic E-state index is 5.29. The van der Waals surface area contributed by atoms with Gasteiger partial charge >= 0.3 is 0 Å². The zero-order chi connectivity index (χ0) is 11.7. The molecular formula is C13H20N2O. The van der Waals surface area contributed by atoms with Gasteiger partial charge < -0.3 is 14.5 Å². The van der Waals surface area contributed by atoms with E-state index in [1.165, 1.54) is 17.8 Å². The first-order chi connectivity index (χ1) is 7.63. The van der Waals surface area contributed by atoms with E-state index in [9.17, 15) is 0 Å². The van der Waals surface area contributed by atoms with E-state index in [2.05, 4.69) is 43.0 Å². The highest BCUT2D eigenvalue weighted by molar-refractivity contribution is 5.73. The van der Waals surface area contributed by atoms with Crippen LogP contribution >= 0.6 is 0 Å². The average molecular weight is 220 g/mol. The molecular weight excluding hydrogens is 200 g/mol. The van der Waals surface area contributed by atoms with Crippen molar-refractivity contribution in [3.8, 4) is 5.75 Å². The summed E-state index contributed by atoms with van der Waals surface area (Å²) in [6.45, 7) is 3.37. The molecule has 1 aliphatic heterocycles. The van der Waals surface area contributed by atoms with E-state index < -0.39 is 0 Å². The SMILES string of the molecule is COc1ccc2c(c1)N(C)C(C)CCN2C. The number of fused-ring (bicyclic) bond motifs is 1. The molecule has 0 aromatic heterocycles. The van der Waals surface area contributed by atoms with Gasteiger partial charge in [0.2, 0.25) is 0 Å². The Morgan fingerprint density at radius 1 is 1.25 bits per heavy atom. The van der Waals surface area contributed by atoms with E-state index >= 15 is 0 Å². The van der Waals surface area contributed by atoms with Crippen LogP contribution < -0.4 is 14.5 Å². The van der Waals surface area contributed by atoms with Gasteiger partial charge in [0.1, 0.15) is 5.75 Å². The largest absolute Gasteiger partial charge is 0.497 e. The van der Waals surface area contributed by atoms with Crippen LogP contribution in [-0.2, 0) is 0 Å². The van der Waals surface area contributed by atoms with Crippen LogP contribution in [0.1, 0.15) is 13.3 Å². The molecule has 0 fully saturated rings. The third-order valence-corrected chi connectivity index (χ3v) is 3.52. The van der Waals surface area contributed by atoms with E-state index in [0.717, 1.165) is 12.3 Å². The monoisotopic (exact) mass is 220 g/mol. The normalized spacial score (nSPS) is 20.4. The lowest BCUT2D eigenvalue weighted by Crippen LogP contribution is -2.28. The summed E-state index contributed by atoms with van der Waals surface area (Å²) >= 11 is 0. The summed E-state index contributed by atoms with van der Waals surface area (Å²) in [5.74, 6) is 0.924. The summed E-state index contributed by atoms with van der Waals surface area (Å²) < 4.78 is 5.29. The van der Waals surface area contributed by atoms with Crippen LogP contribution in [0.15, 0.2) is 18.2 Å². The van der Waals surface area contributed by atoms with Crippen molar-refractivity contribution in [2.75, 3.05) is 37.5 Å². The van der Waals surface area contributed by atoms with Gasteiger partial charge in [-0.3, -0.25) is 0 Å². The zero-order valence-corrected chi connectivity index (χ0v) is 10.5. The maximum Gasteiger partial charge on any atom is 0.121 e. The Bertz CT molecular complexity index is 378. The molecule has 0 aliphatic carbocycles. The van der Waals surface area contributed by atoms with E-state index in [1.807, 2.05) is 6.07 Å². The van der Waals surface area contributed by atoms with Gasteiger partial charge in [0.15, 0.2) is 0 Å². The molecule has 0 amide bonds. The number of ether oxygens (including phenoxy) is 1. The number of benzene rings is 1. The van der Waals surface area contributed by atoms with Gasteiger partial charge in [-0.1, -0.05) is 0 Å². The molecule has 1 atom stereocenters. The Balaban J connectivity index is 2.47. The first-order valence-electron chi connectivity index (χ1n) is 5.75. The number of nitrogens with zero attached hydrogens (tertiary/aromatic N) is 2. The Kier molecular flexibility index (Phi) is 2.95. The molecule has 16 heavy (non-hydrogen) atoms. The summed E-state index contributed by atoms with van der Waals surface area (Å²) in [5, 5.41) is 0. The van der Waals surface area contributed by atoms with Crippen LogP contribution in [0.4, 0.5) is 11.4 Å². The Labute approximate surface area is 97.6 Å². The molecule has 88 valence electrons. The fraction of sp³-hybridized carbons (Fsp3) is 0.538. The van der Waals surface area contributed by atoms with Gasteiger partial charge in [-0.2, -0.15) is 0 Å². The van der Waals surface area contributed by atoms with Crippen molar-refractivity contribution in [2.24, 2.45) is 0 Å². The molecule has 0 bridgehead atoms. The molecule has 3 heteroatoms. The number of anilines is 2. The smallest absolute Gasteiger partial charge is 0.121 e. The second-order valence-corrected chi connectivity index (χ2v) is 4.52. The van der Waals surface area contributed by atoms with Gasteiger partial charge in [-0.15, -0.1) is 0 Å². The molecule has 1 unspecified atom stereocenters. The van der Waals surface area contributed by atoms with Gasteiger partial charge in [0, 0.05) is 32.7 Å². The van der Waals surface area contributed by atoms with Crippen molar-refractivity contribution < 1.29 is 4.74 Å². The molecule has 0 spiro atoms. The predicted molar refractivity (Wildman–Crippen MR) is 68.7 cm³/mol. The first kappa shape index (κ1) is 11.1. The summed E-state index contributed by atoms with van der Waals surface area (Å²) in [6, 6.07) is 6.85. The second-order valence-electron chi connectivity index (χ2n) is 4.52. The summed E-state index contributed by atoms with van der Waals surface area (Å²) in [6.07, 6.45) is 1.18. The lowest BCUT2D eigenvalue weighted by molar-refractivity contribution is 0.415. The minimum absolute atomic E-state index is 0.566. The third kappa shape index (κ3) is 1.82. The van der Waals surface area contributed by atoms with Crippen LogP contribution in [0.3, 0.4) is 0 Å². The predicted octanol–water partition coefficient (Wildman–Crippen LogP) is 2.36. The maximum atomic E-state index is 5.29. The quantitative estimate of drug-likeness (QED) is 0.722. The number of methoxy groups -OCH3 is 1. The fourth-order valence-corrected chi connectivity index (χ4v) is 2.17. The first-order valence-corrected chi connectivity index (χ1v) is 5.75. The highest BCUT2D eigenvalue weighted by atomic mass is 16.5. The highest BCUT2D eigenvalue weighted by Crippen LogP contribution is 2.35. The lowest BCUT2D eigenvalue weighted by Gasteiger charge is -2.26. The Morgan fingerprint density at radius 2 is 2.00 bits per heavy atom. The van der Waals surface area contributed by atoms with Crippen molar-refractivity contribution in [2.45, 2.75) is 19.4 Å². The van der Waals surface area contributed by atoms with Gasteiger partial charge in [-0.05, 0) is 25.5 Å². The highest BCUT2D eigenvalue weighted by Gasteiger charge is 2.21. The van der Waals surface area contributed by atoms with Crippen molar-refractivity contribution >= 4 is 11.4 Å². The molecule has 0 saturated heterocycles. The molecule has 1 heterocycles. The molecule has 0 N–H and O–H groups in total. The lowest BCUT2D eigenvalue weighted by atomic mass is 10.2. The van der Waals surface area contributed by atoms with Gasteiger partial charge in [0.05, 0.1) is 18.5 Å². The van der Waals surface area contributed by atoms with E-state index in [1.54, 1.807) is 7.11 Å². The third-order valence-electron chi connectivity index (χ3n) is 3.52. The molecule has 1 aromatic rings. The van der Waals surface area contributed by atoms with Crippen molar-refractivity contribution in [1.29, 1.82) is 0 Å². The van der Waals surface area contributed by atoms with Crippen molar-refractivity contribution in [1.82, 2.24) is 0 Å². The number of hydrogen-bond acceptors (Lipinski definition) is 3. The molecule has 3 nitrogen and oxygen atoms in total. The molecule has 1 aliphatic rings. The van der Waals surface area contributed by atoms with Crippen LogP contribution in [0, 0.1) is 0 Å². The van der Waals surface area contributed by atoms with Crippen molar-refractivity contribution in [3.05, 3.63) is 18.2 Å². The van der Waals surface area contributed by atoms with Crippen LogP contribution in [0.25, 0.3) is 0 Å². The van der Waals surface area contributed by atoms with Crippen LogP contribution in [0.5, 0.6) is 5.75 Å². The van der Waals surface area contributed by atoms with E-state index in [-0.39, 0.29) is 0 Å². The second kappa shape index (κ2) is 4.24. The van der Waals surface area contributed by atoms with Crippen LogP contribution in [-0.4, -0.2) is 33.8 Å². The number of hydrogen-bond donors (Lipinski definition) is 0. The topological polar surface area (TPSA) is 15.7 Å². The fourth-order valence-electron chi connectivity index (χ4n) is 2.17. The van der Waals surface area contributed by atoms with Gasteiger partial charge in [0.25, 0.3) is 0 Å². The number of rotatable bonds is 1. The average Bonchev–Trinajstić information content (AvgIpc) is 2.42. The van der Waals surface area contributed by atoms with Crippen LogP contribution in [0.2, 0.25) is 0 Å². The summed E-state index contributed by atoms with van der Waals surface area (Å²) in [4.78, 5) is 4.65. The Hall–Kier alpha value is -1.38. The van der Waals surface area contributed by atoms with E-state index in [4.69, 9.17) is 4.74 Å². The summed E-state index contributed by atoms with van der Waals surface area (Å²) in [7, 11) is 6.02. The van der Waals surface area contributed by atoms with E-state index in [0.29, 0.717) is 6.04 Å². The molecule has 1 aromatic carbocycles. The molecule has 0 saturated carbocycles. The standard InChI is InChI=1S/C13H20N2O/c1-10-7-8-14(2)12-6-5-11(16-4)9-13(12)15(10)3/h5-6,9-10H,7-8H2,1-4H3. The zero-order valence-electron chi connectivity index (χ0n) is 10.5. The minimum atomic E-state index is 0.566. The summed E-state index contributed by atoms with van der Waals surface area (Å²) in [5.41, 5.74) is 2.54. The molecule has 0 radical (unpaired) electrons. The Morgan fingerprint density at radius 3 is 2.69 bits per heavy atom. The minimum Gasteiger partial charge on any atom is -0.497 e. The molecule has 2 rings (SSSR count).